The summed E-state index contributed by atoms with van der Waals surface area (Å²) in [6.45, 7) is 9.11. The largest absolute Gasteiger partial charge is 0.355 e. The molecule has 1 fully saturated rings. The Bertz CT molecular complexity index is 853. The Labute approximate surface area is 150 Å². The van der Waals surface area contributed by atoms with Crippen LogP contribution >= 0.6 is 0 Å². The number of rotatable bonds is 4. The highest BCUT2D eigenvalue weighted by Crippen LogP contribution is 2.27. The highest BCUT2D eigenvalue weighted by atomic mass is 32.2. The van der Waals surface area contributed by atoms with Gasteiger partial charge in [-0.3, -0.25) is 0 Å². The van der Waals surface area contributed by atoms with Gasteiger partial charge < -0.3 is 4.90 Å². The average molecular weight is 359 g/mol. The fourth-order valence-electron chi connectivity index (χ4n) is 3.47. The molecule has 2 heterocycles. The topological polar surface area (TPSA) is 62.3 Å². The summed E-state index contributed by atoms with van der Waals surface area (Å²) in [4.78, 5) is 6.90. The number of aryl methyl sites for hydroxylation is 2. The van der Waals surface area contributed by atoms with Crippen LogP contribution in [0.4, 0.5) is 5.82 Å². The minimum Gasteiger partial charge on any atom is -0.355 e. The lowest BCUT2D eigenvalue weighted by atomic mass is 10.0. The summed E-state index contributed by atoms with van der Waals surface area (Å²) in [5, 5.41) is 0. The van der Waals surface area contributed by atoms with Crippen molar-refractivity contribution < 1.29 is 8.42 Å². The van der Waals surface area contributed by atoms with Gasteiger partial charge in [0.25, 0.3) is 0 Å². The van der Waals surface area contributed by atoms with Crippen LogP contribution in [0.2, 0.25) is 0 Å². The second kappa shape index (κ2) is 6.77. The lowest BCUT2D eigenvalue weighted by Crippen LogP contribution is -2.38. The molecule has 1 aliphatic rings. The molecule has 1 unspecified atom stereocenters. The van der Waals surface area contributed by atoms with Crippen molar-refractivity contribution in [2.75, 3.05) is 18.0 Å². The van der Waals surface area contributed by atoms with E-state index in [4.69, 9.17) is 0 Å². The van der Waals surface area contributed by atoms with E-state index in [0.29, 0.717) is 11.4 Å². The summed E-state index contributed by atoms with van der Waals surface area (Å²) in [7, 11) is -3.55. The fourth-order valence-corrected chi connectivity index (χ4v) is 5.34. The van der Waals surface area contributed by atoms with Gasteiger partial charge in [0, 0.05) is 25.3 Å². The summed E-state index contributed by atoms with van der Waals surface area (Å²) in [5.74, 6) is 0.892. The smallest absolute Gasteiger partial charge is 0.241 e. The van der Waals surface area contributed by atoms with Crippen LogP contribution in [-0.2, 0) is 10.0 Å². The van der Waals surface area contributed by atoms with Crippen molar-refractivity contribution in [1.29, 1.82) is 0 Å². The second-order valence-corrected chi connectivity index (χ2v) is 8.48. The zero-order chi connectivity index (χ0) is 18.2. The molecular formula is C19H25N3O2S. The Hall–Kier alpha value is -1.92. The molecule has 134 valence electrons. The van der Waals surface area contributed by atoms with Crippen LogP contribution in [0.25, 0.3) is 0 Å². The maximum Gasteiger partial charge on any atom is 0.241 e. The van der Waals surface area contributed by atoms with Crippen molar-refractivity contribution in [1.82, 2.24) is 9.71 Å². The van der Waals surface area contributed by atoms with E-state index in [1.54, 1.807) is 6.20 Å². The molecule has 25 heavy (non-hydrogen) atoms. The summed E-state index contributed by atoms with van der Waals surface area (Å²) in [5.41, 5.74) is 3.67. The molecule has 1 aromatic heterocycles. The third-order valence-electron chi connectivity index (χ3n) is 5.05. The number of nitrogens with one attached hydrogen (secondary N) is 1. The SMILES string of the molecule is Cc1cc(C)c(C)c(S(=O)(=O)NC2CCN(c3ccccn3)C2)c1C. The minimum atomic E-state index is -3.55. The lowest BCUT2D eigenvalue weighted by molar-refractivity contribution is 0.560. The van der Waals surface area contributed by atoms with Crippen LogP contribution in [0.3, 0.4) is 0 Å². The Balaban J connectivity index is 1.82. The first-order valence-electron chi connectivity index (χ1n) is 8.55. The van der Waals surface area contributed by atoms with Gasteiger partial charge in [-0.15, -0.1) is 0 Å². The van der Waals surface area contributed by atoms with Crippen LogP contribution in [0.1, 0.15) is 28.7 Å². The number of hydrogen-bond donors (Lipinski definition) is 1. The molecule has 1 saturated heterocycles. The first-order valence-corrected chi connectivity index (χ1v) is 10.0. The predicted octanol–water partition coefficient (Wildman–Crippen LogP) is 2.87. The molecule has 2 aromatic rings. The molecule has 5 nitrogen and oxygen atoms in total. The zero-order valence-electron chi connectivity index (χ0n) is 15.2. The third-order valence-corrected chi connectivity index (χ3v) is 6.84. The van der Waals surface area contributed by atoms with E-state index in [-0.39, 0.29) is 6.04 Å². The van der Waals surface area contributed by atoms with E-state index < -0.39 is 10.0 Å². The van der Waals surface area contributed by atoms with Gasteiger partial charge in [-0.05, 0) is 68.5 Å². The predicted molar refractivity (Wildman–Crippen MR) is 101 cm³/mol. The molecule has 1 aliphatic heterocycles. The van der Waals surface area contributed by atoms with Crippen LogP contribution < -0.4 is 9.62 Å². The number of aromatic nitrogens is 1. The molecule has 0 spiro atoms. The number of sulfonamides is 1. The standard InChI is InChI=1S/C19H25N3O2S/c1-13-11-14(2)16(4)19(15(13)3)25(23,24)21-17-8-10-22(12-17)18-7-5-6-9-20-18/h5-7,9,11,17,21H,8,10,12H2,1-4H3. The van der Waals surface area contributed by atoms with E-state index >= 15 is 0 Å². The van der Waals surface area contributed by atoms with Crippen LogP contribution in [0.5, 0.6) is 0 Å². The summed E-state index contributed by atoms with van der Waals surface area (Å²) in [6.07, 6.45) is 2.54. The van der Waals surface area contributed by atoms with Crippen molar-refractivity contribution in [2.24, 2.45) is 0 Å². The van der Waals surface area contributed by atoms with Gasteiger partial charge in [0.2, 0.25) is 10.0 Å². The number of benzene rings is 1. The second-order valence-electron chi connectivity index (χ2n) is 6.83. The monoisotopic (exact) mass is 359 g/mol. The van der Waals surface area contributed by atoms with Gasteiger partial charge in [-0.2, -0.15) is 0 Å². The lowest BCUT2D eigenvalue weighted by Gasteiger charge is -2.20. The maximum absolute atomic E-state index is 13.0. The average Bonchev–Trinajstić information content (AvgIpc) is 3.01. The molecule has 0 aliphatic carbocycles. The Morgan fingerprint density at radius 2 is 1.80 bits per heavy atom. The molecule has 3 rings (SSSR count). The fraction of sp³-hybridized carbons (Fsp3) is 0.421. The molecule has 1 N–H and O–H groups in total. The van der Waals surface area contributed by atoms with Gasteiger partial charge in [0.05, 0.1) is 4.90 Å². The van der Waals surface area contributed by atoms with Crippen LogP contribution in [0.15, 0.2) is 35.4 Å². The zero-order valence-corrected chi connectivity index (χ0v) is 16.0. The summed E-state index contributed by atoms with van der Waals surface area (Å²) < 4.78 is 29.0. The van der Waals surface area contributed by atoms with Crippen molar-refractivity contribution in [2.45, 2.75) is 45.1 Å². The van der Waals surface area contributed by atoms with Crippen LogP contribution in [0, 0.1) is 27.7 Å². The molecule has 0 amide bonds. The van der Waals surface area contributed by atoms with Gasteiger partial charge in [0.15, 0.2) is 0 Å². The highest BCUT2D eigenvalue weighted by Gasteiger charge is 2.30. The number of anilines is 1. The van der Waals surface area contributed by atoms with Gasteiger partial charge in [-0.25, -0.2) is 18.1 Å². The third kappa shape index (κ3) is 3.55. The van der Waals surface area contributed by atoms with E-state index in [2.05, 4.69) is 14.6 Å². The quantitative estimate of drug-likeness (QED) is 0.912. The van der Waals surface area contributed by atoms with Gasteiger partial charge in [0.1, 0.15) is 5.82 Å². The van der Waals surface area contributed by atoms with Crippen molar-refractivity contribution in [3.05, 3.63) is 52.7 Å². The van der Waals surface area contributed by atoms with E-state index in [1.165, 1.54) is 0 Å². The molecule has 0 saturated carbocycles. The van der Waals surface area contributed by atoms with Gasteiger partial charge in [-0.1, -0.05) is 12.1 Å². The summed E-state index contributed by atoms with van der Waals surface area (Å²) in [6, 6.07) is 7.72. The molecular weight excluding hydrogens is 334 g/mol. The summed E-state index contributed by atoms with van der Waals surface area (Å²) >= 11 is 0. The van der Waals surface area contributed by atoms with Gasteiger partial charge >= 0.3 is 0 Å². The molecule has 0 bridgehead atoms. The first kappa shape index (κ1) is 17.9. The van der Waals surface area contributed by atoms with E-state index in [1.807, 2.05) is 52.0 Å². The Morgan fingerprint density at radius 1 is 1.12 bits per heavy atom. The van der Waals surface area contributed by atoms with Crippen molar-refractivity contribution >= 4 is 15.8 Å². The first-order chi connectivity index (χ1) is 11.8. The number of hydrogen-bond acceptors (Lipinski definition) is 4. The Morgan fingerprint density at radius 3 is 2.40 bits per heavy atom. The van der Waals surface area contributed by atoms with Crippen molar-refractivity contribution in [3.63, 3.8) is 0 Å². The number of pyridine rings is 1. The molecule has 0 radical (unpaired) electrons. The normalized spacial score (nSPS) is 17.9. The highest BCUT2D eigenvalue weighted by molar-refractivity contribution is 7.89. The van der Waals surface area contributed by atoms with E-state index in [9.17, 15) is 8.42 Å². The van der Waals surface area contributed by atoms with E-state index in [0.717, 1.165) is 41.0 Å². The van der Waals surface area contributed by atoms with Crippen LogP contribution in [-0.4, -0.2) is 32.5 Å². The maximum atomic E-state index is 13.0. The molecule has 6 heteroatoms. The minimum absolute atomic E-state index is 0.105. The Kier molecular flexibility index (Phi) is 4.84. The van der Waals surface area contributed by atoms with Crippen molar-refractivity contribution in [3.8, 4) is 0 Å². The number of nitrogens with zero attached hydrogens (tertiary/aromatic N) is 2. The molecule has 1 atom stereocenters. The molecule has 1 aromatic carbocycles.